The van der Waals surface area contributed by atoms with E-state index in [9.17, 15) is 9.90 Å². The first-order chi connectivity index (χ1) is 13.5. The molecule has 1 atom stereocenters. The zero-order valence-electron chi connectivity index (χ0n) is 16.8. The van der Waals surface area contributed by atoms with E-state index in [0.29, 0.717) is 25.3 Å². The number of benzene rings is 1. The molecule has 1 aliphatic rings. The fourth-order valence-corrected chi connectivity index (χ4v) is 3.67. The zero-order valence-corrected chi connectivity index (χ0v) is 16.8. The second-order valence-electron chi connectivity index (χ2n) is 7.09. The van der Waals surface area contributed by atoms with E-state index in [1.807, 2.05) is 24.6 Å². The van der Waals surface area contributed by atoms with Gasteiger partial charge in [0.15, 0.2) is 5.69 Å². The van der Waals surface area contributed by atoms with Gasteiger partial charge in [0, 0.05) is 31.7 Å². The maximum absolute atomic E-state index is 12.5. The fourth-order valence-electron chi connectivity index (χ4n) is 3.67. The van der Waals surface area contributed by atoms with Gasteiger partial charge in [-0.15, -0.1) is 5.10 Å². The Hall–Kier alpha value is -2.61. The average molecular weight is 387 g/mol. The first-order valence-electron chi connectivity index (χ1n) is 9.85. The Morgan fingerprint density at radius 3 is 2.86 bits per heavy atom. The summed E-state index contributed by atoms with van der Waals surface area (Å²) in [5.41, 5.74) is 1.24. The van der Waals surface area contributed by atoms with E-state index in [4.69, 9.17) is 4.74 Å². The molecule has 1 aromatic heterocycles. The van der Waals surface area contributed by atoms with Gasteiger partial charge in [-0.05, 0) is 51.4 Å². The van der Waals surface area contributed by atoms with E-state index in [0.717, 1.165) is 37.2 Å². The van der Waals surface area contributed by atoms with Crippen molar-refractivity contribution in [3.05, 3.63) is 35.7 Å². The lowest BCUT2D eigenvalue weighted by molar-refractivity contribution is 0.0767. The number of carbonyl (C=O) groups excluding carboxylic acids is 1. The lowest BCUT2D eigenvalue weighted by atomic mass is 10.0. The number of hydrogen-bond donors (Lipinski definition) is 1. The number of aromatic nitrogens is 3. The molecule has 1 N–H and O–H groups in total. The second kappa shape index (κ2) is 9.05. The molecule has 1 fully saturated rings. The van der Waals surface area contributed by atoms with Crippen LogP contribution in [0.5, 0.6) is 11.5 Å². The molecule has 0 aliphatic carbocycles. The van der Waals surface area contributed by atoms with Crippen molar-refractivity contribution in [3.8, 4) is 11.5 Å². The molecular weight excluding hydrogens is 358 g/mol. The smallest absolute Gasteiger partial charge is 0.276 e. The summed E-state index contributed by atoms with van der Waals surface area (Å²) in [4.78, 5) is 16.5. The summed E-state index contributed by atoms with van der Waals surface area (Å²) in [6.07, 6.45) is 3.77. The number of rotatable bonds is 7. The van der Waals surface area contributed by atoms with Gasteiger partial charge in [0.1, 0.15) is 11.5 Å². The molecule has 0 unspecified atom stereocenters. The van der Waals surface area contributed by atoms with Gasteiger partial charge in [-0.2, -0.15) is 0 Å². The number of aromatic hydroxyl groups is 1. The summed E-state index contributed by atoms with van der Waals surface area (Å²) in [7, 11) is 1.62. The highest BCUT2D eigenvalue weighted by Gasteiger charge is 2.25. The van der Waals surface area contributed by atoms with Crippen molar-refractivity contribution >= 4 is 5.91 Å². The Balaban J connectivity index is 1.68. The van der Waals surface area contributed by atoms with Crippen LogP contribution in [-0.2, 0) is 6.54 Å². The number of methoxy groups -OCH3 is 1. The van der Waals surface area contributed by atoms with E-state index in [2.05, 4.69) is 15.2 Å². The molecule has 3 rings (SSSR count). The third kappa shape index (κ3) is 4.44. The molecule has 0 spiro atoms. The largest absolute Gasteiger partial charge is 0.508 e. The van der Waals surface area contributed by atoms with Crippen molar-refractivity contribution in [1.82, 2.24) is 24.8 Å². The van der Waals surface area contributed by atoms with Gasteiger partial charge in [-0.1, -0.05) is 5.21 Å². The van der Waals surface area contributed by atoms with Crippen LogP contribution in [0.4, 0.5) is 0 Å². The monoisotopic (exact) mass is 387 g/mol. The summed E-state index contributed by atoms with van der Waals surface area (Å²) in [5, 5.41) is 18.5. The van der Waals surface area contributed by atoms with Gasteiger partial charge in [-0.3, -0.25) is 9.69 Å². The van der Waals surface area contributed by atoms with Crippen LogP contribution in [-0.4, -0.2) is 69.1 Å². The summed E-state index contributed by atoms with van der Waals surface area (Å²) >= 11 is 0. The Labute approximate surface area is 165 Å². The van der Waals surface area contributed by atoms with Crippen LogP contribution in [0.3, 0.4) is 0 Å². The van der Waals surface area contributed by atoms with Gasteiger partial charge < -0.3 is 14.7 Å². The molecular formula is C20H29N5O3. The molecule has 28 heavy (non-hydrogen) atoms. The highest BCUT2D eigenvalue weighted by molar-refractivity contribution is 5.91. The predicted octanol–water partition coefficient (Wildman–Crippen LogP) is 2.31. The van der Waals surface area contributed by atoms with Gasteiger partial charge in [0.2, 0.25) is 0 Å². The van der Waals surface area contributed by atoms with Crippen LogP contribution in [0.2, 0.25) is 0 Å². The van der Waals surface area contributed by atoms with Crippen molar-refractivity contribution in [2.75, 3.05) is 33.3 Å². The molecule has 2 aromatic rings. The molecule has 1 aromatic carbocycles. The van der Waals surface area contributed by atoms with Crippen LogP contribution < -0.4 is 4.74 Å². The van der Waals surface area contributed by atoms with Crippen LogP contribution >= 0.6 is 0 Å². The van der Waals surface area contributed by atoms with Gasteiger partial charge in [-0.25, -0.2) is 4.68 Å². The van der Waals surface area contributed by atoms with E-state index in [1.165, 1.54) is 0 Å². The molecule has 0 bridgehead atoms. The number of phenols is 1. The van der Waals surface area contributed by atoms with Crippen molar-refractivity contribution < 1.29 is 14.6 Å². The maximum atomic E-state index is 12.5. The van der Waals surface area contributed by atoms with Gasteiger partial charge >= 0.3 is 0 Å². The third-order valence-electron chi connectivity index (χ3n) is 5.32. The number of hydrogen-bond acceptors (Lipinski definition) is 6. The molecule has 152 valence electrons. The lowest BCUT2D eigenvalue weighted by Crippen LogP contribution is -2.36. The Morgan fingerprint density at radius 2 is 2.14 bits per heavy atom. The molecule has 2 heterocycles. The number of likely N-dealkylation sites (tertiary alicyclic amines) is 1. The van der Waals surface area contributed by atoms with Crippen molar-refractivity contribution in [2.45, 2.75) is 39.3 Å². The minimum atomic E-state index is -0.0785. The van der Waals surface area contributed by atoms with Gasteiger partial charge in [0.25, 0.3) is 5.91 Å². The summed E-state index contributed by atoms with van der Waals surface area (Å²) in [5.74, 6) is 0.929. The number of phenolic OH excluding ortho intramolecular Hbond substituents is 1. The Morgan fingerprint density at radius 1 is 1.36 bits per heavy atom. The molecule has 0 saturated carbocycles. The summed E-state index contributed by atoms with van der Waals surface area (Å²) in [6, 6.07) is 5.45. The van der Waals surface area contributed by atoms with Crippen molar-refractivity contribution in [1.29, 1.82) is 0 Å². The van der Waals surface area contributed by atoms with E-state index in [-0.39, 0.29) is 17.7 Å². The van der Waals surface area contributed by atoms with Crippen molar-refractivity contribution in [3.63, 3.8) is 0 Å². The van der Waals surface area contributed by atoms with Gasteiger partial charge in [0.05, 0.1) is 19.3 Å². The lowest BCUT2D eigenvalue weighted by Gasteiger charge is -2.32. The minimum Gasteiger partial charge on any atom is -0.508 e. The average Bonchev–Trinajstić information content (AvgIpc) is 3.21. The second-order valence-corrected chi connectivity index (χ2v) is 7.09. The normalized spacial score (nSPS) is 17.5. The highest BCUT2D eigenvalue weighted by atomic mass is 16.5. The number of piperidine rings is 1. The van der Waals surface area contributed by atoms with E-state index in [1.54, 1.807) is 30.3 Å². The molecule has 1 aliphatic heterocycles. The first kappa shape index (κ1) is 20.1. The molecule has 8 nitrogen and oxygen atoms in total. The van der Waals surface area contributed by atoms with Crippen LogP contribution in [0, 0.1) is 0 Å². The first-order valence-corrected chi connectivity index (χ1v) is 9.85. The fraction of sp³-hybridized carbons (Fsp3) is 0.550. The third-order valence-corrected chi connectivity index (χ3v) is 5.32. The van der Waals surface area contributed by atoms with Crippen molar-refractivity contribution in [2.24, 2.45) is 0 Å². The SMILES string of the molecule is CCN(CC)C(=O)c1cn([C@H]2CCCN(Cc3cc(OC)ccc3O)C2)nn1. The topological polar surface area (TPSA) is 83.7 Å². The van der Waals surface area contributed by atoms with Crippen LogP contribution in [0.25, 0.3) is 0 Å². The Bertz CT molecular complexity index is 803. The van der Waals surface area contributed by atoms with E-state index >= 15 is 0 Å². The zero-order chi connectivity index (χ0) is 20.1. The quantitative estimate of drug-likeness (QED) is 0.785. The Kier molecular flexibility index (Phi) is 6.51. The number of carbonyl (C=O) groups is 1. The molecule has 1 saturated heterocycles. The van der Waals surface area contributed by atoms with E-state index < -0.39 is 0 Å². The van der Waals surface area contributed by atoms with Crippen LogP contribution in [0.15, 0.2) is 24.4 Å². The number of amides is 1. The summed E-state index contributed by atoms with van der Waals surface area (Å²) < 4.78 is 7.08. The standard InChI is InChI=1S/C20H29N5O3/c1-4-24(5-2)20(27)18-14-25(22-21-18)16-7-6-10-23(13-16)12-15-11-17(28-3)8-9-19(15)26/h8-9,11,14,16,26H,4-7,10,12-13H2,1-3H3/t16-/m0/s1. The maximum Gasteiger partial charge on any atom is 0.276 e. The number of nitrogens with zero attached hydrogens (tertiary/aromatic N) is 5. The predicted molar refractivity (Wildman–Crippen MR) is 105 cm³/mol. The molecule has 1 amide bonds. The highest BCUT2D eigenvalue weighted by Crippen LogP contribution is 2.27. The summed E-state index contributed by atoms with van der Waals surface area (Å²) in [6.45, 7) is 7.61. The molecule has 0 radical (unpaired) electrons. The van der Waals surface area contributed by atoms with Crippen LogP contribution in [0.1, 0.15) is 48.8 Å². The minimum absolute atomic E-state index is 0.0785. The number of ether oxygens (including phenoxy) is 1. The molecule has 8 heteroatoms.